The number of pyridine rings is 1. The van der Waals surface area contributed by atoms with Crippen LogP contribution in [0.5, 0.6) is 0 Å². The Kier molecular flexibility index (Phi) is 6.16. The van der Waals surface area contributed by atoms with Crippen LogP contribution in [0.25, 0.3) is 0 Å². The smallest absolute Gasteiger partial charge is 0.0420 e. The molecule has 0 amide bonds. The van der Waals surface area contributed by atoms with Crippen LogP contribution in [0.4, 0.5) is 0 Å². The van der Waals surface area contributed by atoms with Gasteiger partial charge in [0, 0.05) is 31.0 Å². The van der Waals surface area contributed by atoms with Gasteiger partial charge in [0.05, 0.1) is 0 Å². The van der Waals surface area contributed by atoms with Crippen LogP contribution in [0.15, 0.2) is 12.1 Å². The minimum Gasteiger partial charge on any atom is -0.315 e. The van der Waals surface area contributed by atoms with Crippen LogP contribution in [0.2, 0.25) is 0 Å². The summed E-state index contributed by atoms with van der Waals surface area (Å²) in [5.41, 5.74) is 3.51. The maximum atomic E-state index is 4.46. The molecule has 0 saturated heterocycles. The zero-order valence-electron chi connectivity index (χ0n) is 11.5. The van der Waals surface area contributed by atoms with Gasteiger partial charge >= 0.3 is 0 Å². The maximum absolute atomic E-state index is 4.46. The van der Waals surface area contributed by atoms with E-state index in [2.05, 4.69) is 48.5 Å². The van der Waals surface area contributed by atoms with Gasteiger partial charge in [-0.05, 0) is 37.9 Å². The molecule has 96 valence electrons. The summed E-state index contributed by atoms with van der Waals surface area (Å²) in [6.45, 7) is 12.6. The molecule has 3 nitrogen and oxygen atoms in total. The van der Waals surface area contributed by atoms with Crippen LogP contribution in [0.3, 0.4) is 0 Å². The molecule has 0 fully saturated rings. The first-order valence-electron chi connectivity index (χ1n) is 6.44. The summed E-state index contributed by atoms with van der Waals surface area (Å²) >= 11 is 0. The van der Waals surface area contributed by atoms with Crippen LogP contribution in [0, 0.1) is 19.8 Å². The second-order valence-electron chi connectivity index (χ2n) is 4.97. The zero-order chi connectivity index (χ0) is 12.7. The van der Waals surface area contributed by atoms with Crippen molar-refractivity contribution in [3.63, 3.8) is 0 Å². The lowest BCUT2D eigenvalue weighted by Crippen LogP contribution is -2.29. The first-order chi connectivity index (χ1) is 8.09. The molecule has 0 bridgehead atoms. The Hall–Kier alpha value is -0.930. The van der Waals surface area contributed by atoms with E-state index in [1.54, 1.807) is 0 Å². The average Bonchev–Trinajstić information content (AvgIpc) is 2.25. The van der Waals surface area contributed by atoms with Crippen molar-refractivity contribution in [2.75, 3.05) is 19.6 Å². The van der Waals surface area contributed by atoms with Crippen molar-refractivity contribution in [2.45, 2.75) is 34.2 Å². The second-order valence-corrected chi connectivity index (χ2v) is 4.97. The van der Waals surface area contributed by atoms with Gasteiger partial charge in [0.2, 0.25) is 0 Å². The molecule has 0 aliphatic carbocycles. The quantitative estimate of drug-likeness (QED) is 0.710. The molecule has 1 heterocycles. The van der Waals surface area contributed by atoms with E-state index in [4.69, 9.17) is 0 Å². The zero-order valence-corrected chi connectivity index (χ0v) is 11.5. The van der Waals surface area contributed by atoms with Crippen molar-refractivity contribution >= 4 is 0 Å². The van der Waals surface area contributed by atoms with Gasteiger partial charge in [0.25, 0.3) is 0 Å². The summed E-state index contributed by atoms with van der Waals surface area (Å²) in [4.78, 5) is 4.46. The highest BCUT2D eigenvalue weighted by Gasteiger charge is 1.99. The lowest BCUT2D eigenvalue weighted by molar-refractivity contribution is 0.535. The van der Waals surface area contributed by atoms with E-state index in [0.29, 0.717) is 0 Å². The minimum atomic E-state index is 0.721. The van der Waals surface area contributed by atoms with Gasteiger partial charge in [-0.15, -0.1) is 0 Å². The number of rotatable bonds is 7. The molecule has 2 N–H and O–H groups in total. The van der Waals surface area contributed by atoms with Gasteiger partial charge in [0.15, 0.2) is 0 Å². The Labute approximate surface area is 105 Å². The molecule has 1 aromatic rings. The Morgan fingerprint density at radius 3 is 2.47 bits per heavy atom. The molecular formula is C14H25N3. The summed E-state index contributed by atoms with van der Waals surface area (Å²) in [7, 11) is 0. The molecule has 17 heavy (non-hydrogen) atoms. The van der Waals surface area contributed by atoms with E-state index in [9.17, 15) is 0 Å². The molecule has 0 atom stereocenters. The van der Waals surface area contributed by atoms with Gasteiger partial charge < -0.3 is 10.6 Å². The highest BCUT2D eigenvalue weighted by atomic mass is 14.9. The van der Waals surface area contributed by atoms with Gasteiger partial charge in [-0.2, -0.15) is 0 Å². The molecule has 3 heteroatoms. The van der Waals surface area contributed by atoms with E-state index in [1.807, 2.05) is 6.92 Å². The number of hydrogen-bond acceptors (Lipinski definition) is 3. The predicted octanol–water partition coefficient (Wildman–Crippen LogP) is 2.03. The number of aromatic nitrogens is 1. The summed E-state index contributed by atoms with van der Waals surface area (Å²) < 4.78 is 0. The van der Waals surface area contributed by atoms with Crippen molar-refractivity contribution in [2.24, 2.45) is 5.92 Å². The number of hydrogen-bond donors (Lipinski definition) is 2. The molecule has 0 aliphatic heterocycles. The summed E-state index contributed by atoms with van der Waals surface area (Å²) in [6, 6.07) is 4.23. The fourth-order valence-corrected chi connectivity index (χ4v) is 1.69. The third-order valence-corrected chi connectivity index (χ3v) is 2.68. The molecule has 0 radical (unpaired) electrons. The predicted molar refractivity (Wildman–Crippen MR) is 73.1 cm³/mol. The lowest BCUT2D eigenvalue weighted by atomic mass is 10.2. The number of nitrogens with one attached hydrogen (secondary N) is 2. The topological polar surface area (TPSA) is 37.0 Å². The second kappa shape index (κ2) is 7.41. The normalized spacial score (nSPS) is 11.1. The molecule has 0 aromatic carbocycles. The monoisotopic (exact) mass is 235 g/mol. The van der Waals surface area contributed by atoms with E-state index < -0.39 is 0 Å². The Bertz CT molecular complexity index is 334. The van der Waals surface area contributed by atoms with Crippen molar-refractivity contribution in [3.8, 4) is 0 Å². The lowest BCUT2D eigenvalue weighted by Gasteiger charge is -2.10. The SMILES string of the molecule is Cc1ccc(CNCCNCC(C)C)c(C)n1. The fourth-order valence-electron chi connectivity index (χ4n) is 1.69. The molecule has 0 aliphatic rings. The first kappa shape index (κ1) is 14.1. The third kappa shape index (κ3) is 5.80. The molecule has 0 unspecified atom stereocenters. The van der Waals surface area contributed by atoms with Crippen molar-refractivity contribution in [1.82, 2.24) is 15.6 Å². The number of aryl methyl sites for hydroxylation is 2. The maximum Gasteiger partial charge on any atom is 0.0420 e. The van der Waals surface area contributed by atoms with E-state index in [0.717, 1.165) is 43.5 Å². The fraction of sp³-hybridized carbons (Fsp3) is 0.643. The van der Waals surface area contributed by atoms with Crippen LogP contribution in [-0.2, 0) is 6.54 Å². The van der Waals surface area contributed by atoms with Crippen LogP contribution >= 0.6 is 0 Å². The van der Waals surface area contributed by atoms with Gasteiger partial charge in [-0.1, -0.05) is 19.9 Å². The van der Waals surface area contributed by atoms with Crippen LogP contribution in [-0.4, -0.2) is 24.6 Å². The number of nitrogens with zero attached hydrogens (tertiary/aromatic N) is 1. The Morgan fingerprint density at radius 1 is 1.12 bits per heavy atom. The average molecular weight is 235 g/mol. The standard InChI is InChI=1S/C14H25N3/c1-11(2)9-15-7-8-16-10-14-6-5-12(3)17-13(14)4/h5-6,11,15-16H,7-10H2,1-4H3. The highest BCUT2D eigenvalue weighted by Crippen LogP contribution is 2.05. The van der Waals surface area contributed by atoms with E-state index >= 15 is 0 Å². The van der Waals surface area contributed by atoms with E-state index in [1.165, 1.54) is 5.56 Å². The Morgan fingerprint density at radius 2 is 1.82 bits per heavy atom. The molecule has 1 rings (SSSR count). The van der Waals surface area contributed by atoms with Crippen molar-refractivity contribution in [1.29, 1.82) is 0 Å². The first-order valence-corrected chi connectivity index (χ1v) is 6.44. The summed E-state index contributed by atoms with van der Waals surface area (Å²) in [6.07, 6.45) is 0. The molecule has 0 spiro atoms. The van der Waals surface area contributed by atoms with Gasteiger partial charge in [-0.3, -0.25) is 4.98 Å². The molecule has 0 saturated carbocycles. The highest BCUT2D eigenvalue weighted by molar-refractivity contribution is 5.21. The van der Waals surface area contributed by atoms with Crippen molar-refractivity contribution in [3.05, 3.63) is 29.1 Å². The van der Waals surface area contributed by atoms with Gasteiger partial charge in [0.1, 0.15) is 0 Å². The Balaban J connectivity index is 2.18. The molecular weight excluding hydrogens is 210 g/mol. The summed E-state index contributed by atoms with van der Waals surface area (Å²) in [5, 5.41) is 6.85. The third-order valence-electron chi connectivity index (χ3n) is 2.68. The summed E-state index contributed by atoms with van der Waals surface area (Å²) in [5.74, 6) is 0.721. The minimum absolute atomic E-state index is 0.721. The molecule has 1 aromatic heterocycles. The largest absolute Gasteiger partial charge is 0.315 e. The van der Waals surface area contributed by atoms with Crippen LogP contribution < -0.4 is 10.6 Å². The van der Waals surface area contributed by atoms with Crippen molar-refractivity contribution < 1.29 is 0 Å². The van der Waals surface area contributed by atoms with Crippen LogP contribution in [0.1, 0.15) is 30.8 Å². The van der Waals surface area contributed by atoms with Gasteiger partial charge in [-0.25, -0.2) is 0 Å². The van der Waals surface area contributed by atoms with E-state index in [-0.39, 0.29) is 0 Å².